The molecular formula is C34H44F2N2O3. The van der Waals surface area contributed by atoms with Gasteiger partial charge in [0.25, 0.3) is 0 Å². The van der Waals surface area contributed by atoms with E-state index in [9.17, 15) is 18.7 Å². The number of ether oxygens (including phenoxy) is 1. The first-order valence-electron chi connectivity index (χ1n) is 15.1. The van der Waals surface area contributed by atoms with E-state index in [-0.39, 0.29) is 41.6 Å². The van der Waals surface area contributed by atoms with Crippen molar-refractivity contribution in [2.24, 2.45) is 23.7 Å². The van der Waals surface area contributed by atoms with Crippen LogP contribution in [0.5, 0.6) is 0 Å². The first-order chi connectivity index (χ1) is 19.5. The van der Waals surface area contributed by atoms with Crippen molar-refractivity contribution in [3.63, 3.8) is 0 Å². The standard InChI is InChI=1S/C34H44F2N2O3/c1-22-19-31-30(14-5-24(3)34(31,40)20-32(22)41-25(4)39)23(2)21-37-15-17-38(18-16-37)33(26-6-10-28(35)11-7-26)27-8-12-29(36)13-9-27/h6-13,19,23-24,30-33,40H,5,14-18,20-21H2,1-4H3/t23-,24+,30-,31?,32+,34+/m0/s1. The highest BCUT2D eigenvalue weighted by Gasteiger charge is 2.52. The molecule has 0 radical (unpaired) electrons. The number of esters is 1. The molecule has 41 heavy (non-hydrogen) atoms. The molecule has 1 heterocycles. The summed E-state index contributed by atoms with van der Waals surface area (Å²) in [5, 5.41) is 11.9. The molecule has 2 aromatic rings. The van der Waals surface area contributed by atoms with Crippen molar-refractivity contribution < 1.29 is 23.4 Å². The lowest BCUT2D eigenvalue weighted by molar-refractivity contribution is -0.159. The van der Waals surface area contributed by atoms with E-state index >= 15 is 0 Å². The Kier molecular flexibility index (Phi) is 8.98. The monoisotopic (exact) mass is 566 g/mol. The fraction of sp³-hybridized carbons (Fsp3) is 0.559. The number of rotatable bonds is 7. The number of hydrogen-bond donors (Lipinski definition) is 1. The summed E-state index contributed by atoms with van der Waals surface area (Å²) in [5.74, 6) is 0.114. The van der Waals surface area contributed by atoms with Crippen LogP contribution in [0.2, 0.25) is 0 Å². The Balaban J connectivity index is 1.26. The van der Waals surface area contributed by atoms with Crippen molar-refractivity contribution in [3.05, 3.63) is 82.9 Å². The third kappa shape index (κ3) is 6.42. The van der Waals surface area contributed by atoms with E-state index in [1.54, 1.807) is 0 Å². The van der Waals surface area contributed by atoms with Gasteiger partial charge in [-0.15, -0.1) is 0 Å². The van der Waals surface area contributed by atoms with E-state index in [0.717, 1.165) is 62.3 Å². The number of piperazine rings is 1. The summed E-state index contributed by atoms with van der Waals surface area (Å²) in [7, 11) is 0. The number of aliphatic hydroxyl groups is 1. The second-order valence-corrected chi connectivity index (χ2v) is 12.7. The van der Waals surface area contributed by atoms with Crippen molar-refractivity contribution >= 4 is 5.97 Å². The number of hydrogen-bond acceptors (Lipinski definition) is 5. The highest BCUT2D eigenvalue weighted by Crippen LogP contribution is 2.51. The van der Waals surface area contributed by atoms with Crippen LogP contribution in [0.25, 0.3) is 0 Å². The van der Waals surface area contributed by atoms with Crippen molar-refractivity contribution in [3.8, 4) is 0 Å². The van der Waals surface area contributed by atoms with Gasteiger partial charge in [-0.1, -0.05) is 44.2 Å². The first kappa shape index (κ1) is 29.9. The van der Waals surface area contributed by atoms with Crippen LogP contribution in [0.3, 0.4) is 0 Å². The molecule has 222 valence electrons. The fourth-order valence-electron chi connectivity index (χ4n) is 7.65. The fourth-order valence-corrected chi connectivity index (χ4v) is 7.65. The Bertz CT molecular complexity index is 1180. The number of carbonyl (C=O) groups excluding carboxylic acids is 1. The van der Waals surface area contributed by atoms with Crippen molar-refractivity contribution in [2.45, 2.75) is 64.7 Å². The smallest absolute Gasteiger partial charge is 0.303 e. The number of fused-ring (bicyclic) bond motifs is 1. The van der Waals surface area contributed by atoms with Gasteiger partial charge in [0.15, 0.2) is 0 Å². The molecule has 0 amide bonds. The Hall–Kier alpha value is -2.61. The van der Waals surface area contributed by atoms with E-state index < -0.39 is 5.60 Å². The molecule has 1 aliphatic heterocycles. The van der Waals surface area contributed by atoms with Crippen molar-refractivity contribution in [1.82, 2.24) is 9.80 Å². The van der Waals surface area contributed by atoms with Gasteiger partial charge >= 0.3 is 5.97 Å². The van der Waals surface area contributed by atoms with Crippen LogP contribution in [0.4, 0.5) is 8.78 Å². The van der Waals surface area contributed by atoms with E-state index in [2.05, 4.69) is 29.7 Å². The molecular weight excluding hydrogens is 522 g/mol. The van der Waals surface area contributed by atoms with Gasteiger partial charge in [-0.05, 0) is 78.5 Å². The predicted octanol–water partition coefficient (Wildman–Crippen LogP) is 5.98. The van der Waals surface area contributed by atoms with Crippen LogP contribution in [-0.2, 0) is 9.53 Å². The van der Waals surface area contributed by atoms with Crippen LogP contribution in [-0.4, -0.2) is 65.3 Å². The molecule has 2 aliphatic carbocycles. The Morgan fingerprint density at radius 3 is 2.10 bits per heavy atom. The third-order valence-electron chi connectivity index (χ3n) is 10.0. The number of carbonyl (C=O) groups is 1. The highest BCUT2D eigenvalue weighted by molar-refractivity contribution is 5.66. The summed E-state index contributed by atoms with van der Waals surface area (Å²) in [6.07, 6.45) is 4.35. The number of halogens is 2. The molecule has 3 aliphatic rings. The SMILES string of the molecule is CC(=O)O[C@@H]1C[C@]2(O)C(C=C1C)[C@H]([C@@H](C)CN1CCN(C(c3ccc(F)cc3)c3ccc(F)cc3)CC1)CC[C@H]2C. The maximum Gasteiger partial charge on any atom is 0.303 e. The molecule has 7 heteroatoms. The van der Waals surface area contributed by atoms with E-state index in [4.69, 9.17) is 4.74 Å². The second-order valence-electron chi connectivity index (χ2n) is 12.7. The maximum absolute atomic E-state index is 13.7. The van der Waals surface area contributed by atoms with E-state index in [0.29, 0.717) is 18.3 Å². The lowest BCUT2D eigenvalue weighted by Crippen LogP contribution is -2.56. The minimum Gasteiger partial charge on any atom is -0.458 e. The summed E-state index contributed by atoms with van der Waals surface area (Å²) >= 11 is 0. The molecule has 5 rings (SSSR count). The summed E-state index contributed by atoms with van der Waals surface area (Å²) in [5.41, 5.74) is 2.18. The maximum atomic E-state index is 13.7. The molecule has 1 unspecified atom stereocenters. The molecule has 2 aromatic carbocycles. The molecule has 2 fully saturated rings. The third-order valence-corrected chi connectivity index (χ3v) is 10.0. The number of nitrogens with zero attached hydrogens (tertiary/aromatic N) is 2. The highest BCUT2D eigenvalue weighted by atomic mass is 19.1. The zero-order valence-electron chi connectivity index (χ0n) is 24.7. The summed E-state index contributed by atoms with van der Waals surface area (Å²) in [6.45, 7) is 12.4. The van der Waals surface area contributed by atoms with Gasteiger partial charge in [0.05, 0.1) is 11.6 Å². The van der Waals surface area contributed by atoms with Crippen LogP contribution in [0.15, 0.2) is 60.2 Å². The normalized spacial score (nSPS) is 30.0. The molecule has 1 saturated carbocycles. The van der Waals surface area contributed by atoms with Crippen LogP contribution in [0.1, 0.15) is 64.1 Å². The molecule has 0 bridgehead atoms. The number of benzene rings is 2. The van der Waals surface area contributed by atoms with Crippen LogP contribution < -0.4 is 0 Å². The first-order valence-corrected chi connectivity index (χ1v) is 15.1. The summed E-state index contributed by atoms with van der Waals surface area (Å²) in [6, 6.07) is 13.2. The van der Waals surface area contributed by atoms with Crippen molar-refractivity contribution in [1.29, 1.82) is 0 Å². The predicted molar refractivity (Wildman–Crippen MR) is 156 cm³/mol. The zero-order valence-corrected chi connectivity index (χ0v) is 24.7. The van der Waals surface area contributed by atoms with Gasteiger partial charge in [0.1, 0.15) is 17.7 Å². The molecule has 1 N–H and O–H groups in total. The van der Waals surface area contributed by atoms with Gasteiger partial charge < -0.3 is 14.7 Å². The molecule has 5 nitrogen and oxygen atoms in total. The average molecular weight is 567 g/mol. The Labute approximate surface area is 243 Å². The lowest BCUT2D eigenvalue weighted by Gasteiger charge is -2.53. The van der Waals surface area contributed by atoms with Gasteiger partial charge in [0, 0.05) is 52.0 Å². The molecule has 1 saturated heterocycles. The largest absolute Gasteiger partial charge is 0.458 e. The quantitative estimate of drug-likeness (QED) is 0.330. The summed E-state index contributed by atoms with van der Waals surface area (Å²) < 4.78 is 33.0. The topological polar surface area (TPSA) is 53.0 Å². The average Bonchev–Trinajstić information content (AvgIpc) is 2.93. The van der Waals surface area contributed by atoms with Gasteiger partial charge in [-0.3, -0.25) is 9.69 Å². The van der Waals surface area contributed by atoms with Crippen LogP contribution in [0, 0.1) is 35.3 Å². The zero-order chi connectivity index (χ0) is 29.3. The van der Waals surface area contributed by atoms with E-state index in [1.165, 1.54) is 31.2 Å². The van der Waals surface area contributed by atoms with Crippen LogP contribution >= 0.6 is 0 Å². The second kappa shape index (κ2) is 12.3. The Morgan fingerprint density at radius 2 is 1.56 bits per heavy atom. The van der Waals surface area contributed by atoms with Gasteiger partial charge in [-0.2, -0.15) is 0 Å². The molecule has 0 aromatic heterocycles. The van der Waals surface area contributed by atoms with Crippen molar-refractivity contribution in [2.75, 3.05) is 32.7 Å². The van der Waals surface area contributed by atoms with Gasteiger partial charge in [-0.25, -0.2) is 8.78 Å². The minimum atomic E-state index is -0.868. The van der Waals surface area contributed by atoms with E-state index in [1.807, 2.05) is 31.2 Å². The Morgan fingerprint density at radius 1 is 1.00 bits per heavy atom. The lowest BCUT2D eigenvalue weighted by atomic mass is 9.57. The minimum absolute atomic E-state index is 0.0516. The molecule has 0 spiro atoms. The van der Waals surface area contributed by atoms with Gasteiger partial charge in [0.2, 0.25) is 0 Å². The summed E-state index contributed by atoms with van der Waals surface area (Å²) in [4.78, 5) is 16.6. The molecule has 6 atom stereocenters.